The number of aromatic nitrogens is 1. The van der Waals surface area contributed by atoms with Crippen LogP contribution in [0.25, 0.3) is 6.08 Å². The molecule has 0 fully saturated rings. The highest BCUT2D eigenvalue weighted by Gasteiger charge is 2.20. The van der Waals surface area contributed by atoms with Crippen molar-refractivity contribution >= 4 is 35.5 Å². The van der Waals surface area contributed by atoms with Crippen molar-refractivity contribution in [2.45, 2.75) is 0 Å². The van der Waals surface area contributed by atoms with E-state index in [9.17, 15) is 9.59 Å². The van der Waals surface area contributed by atoms with Crippen molar-refractivity contribution in [2.75, 3.05) is 0 Å². The van der Waals surface area contributed by atoms with Crippen LogP contribution in [0, 0.1) is 0 Å². The molecule has 0 atom stereocenters. The van der Waals surface area contributed by atoms with Gasteiger partial charge in [-0.1, -0.05) is 23.7 Å². The van der Waals surface area contributed by atoms with Crippen LogP contribution in [-0.4, -0.2) is 22.8 Å². The van der Waals surface area contributed by atoms with Crippen molar-refractivity contribution in [3.8, 4) is 0 Å². The van der Waals surface area contributed by atoms with Gasteiger partial charge in [0.15, 0.2) is 0 Å². The van der Waals surface area contributed by atoms with Gasteiger partial charge in [0.05, 0.1) is 0 Å². The number of hydrogen-bond acceptors (Lipinski definition) is 5. The number of carbonyl (C=O) groups excluding carboxylic acids is 2. The maximum atomic E-state index is 11.9. The average molecular weight is 342 g/mol. The number of rotatable bonds is 2. The summed E-state index contributed by atoms with van der Waals surface area (Å²) in [7, 11) is 0. The second-order valence-corrected chi connectivity index (χ2v) is 5.25. The summed E-state index contributed by atoms with van der Waals surface area (Å²) >= 11 is 5.91. The van der Waals surface area contributed by atoms with Gasteiger partial charge in [0, 0.05) is 23.0 Å². The Morgan fingerprint density at radius 1 is 1.21 bits per heavy atom. The average Bonchev–Trinajstić information content (AvgIpc) is 2.93. The molecule has 0 spiro atoms. The second-order valence-electron chi connectivity index (χ2n) is 4.81. The fourth-order valence-corrected chi connectivity index (χ4v) is 2.17. The van der Waals surface area contributed by atoms with Gasteiger partial charge in [-0.3, -0.25) is 30.7 Å². The van der Waals surface area contributed by atoms with Gasteiger partial charge in [-0.15, -0.1) is 0 Å². The lowest BCUT2D eigenvalue weighted by molar-refractivity contribution is -0.115. The van der Waals surface area contributed by atoms with E-state index in [2.05, 4.69) is 26.1 Å². The molecule has 1 aliphatic rings. The summed E-state index contributed by atoms with van der Waals surface area (Å²) in [4.78, 5) is 31.7. The molecule has 24 heavy (non-hydrogen) atoms. The van der Waals surface area contributed by atoms with Gasteiger partial charge in [0.2, 0.25) is 5.96 Å². The summed E-state index contributed by atoms with van der Waals surface area (Å²) in [5.74, 6) is -0.618. The van der Waals surface area contributed by atoms with Crippen LogP contribution in [0.2, 0.25) is 5.02 Å². The molecule has 3 N–H and O–H groups in total. The monoisotopic (exact) mass is 341 g/mol. The number of hydrogen-bond donors (Lipinski definition) is 3. The van der Waals surface area contributed by atoms with Crippen LogP contribution in [0.4, 0.5) is 0 Å². The number of guanidine groups is 1. The van der Waals surface area contributed by atoms with Gasteiger partial charge in [0.25, 0.3) is 11.8 Å². The molecule has 1 aromatic heterocycles. The molecule has 0 radical (unpaired) electrons. The van der Waals surface area contributed by atoms with Gasteiger partial charge >= 0.3 is 0 Å². The molecule has 8 heteroatoms. The third-order valence-electron chi connectivity index (χ3n) is 3.09. The molecule has 7 nitrogen and oxygen atoms in total. The number of nitrogens with one attached hydrogen (secondary N) is 3. The van der Waals surface area contributed by atoms with E-state index in [0.29, 0.717) is 10.6 Å². The summed E-state index contributed by atoms with van der Waals surface area (Å²) in [6.45, 7) is 0. The third-order valence-corrected chi connectivity index (χ3v) is 3.32. The maximum absolute atomic E-state index is 11.9. The number of carbonyl (C=O) groups is 2. The number of amides is 2. The summed E-state index contributed by atoms with van der Waals surface area (Å²) < 4.78 is 0. The van der Waals surface area contributed by atoms with Crippen LogP contribution in [0.3, 0.4) is 0 Å². The standard InChI is InChI=1S/C16H12ClN5O2/c17-12-3-1-2-10(8-12)9-13-15(24)20-16(19-13)22-21-14(23)11-4-6-18-7-5-11/h1-9H,(H,21,23)(H2,19,20,22,24). The molecule has 1 aliphatic heterocycles. The summed E-state index contributed by atoms with van der Waals surface area (Å²) in [5.41, 5.74) is 6.40. The molecular weight excluding hydrogens is 330 g/mol. The molecule has 120 valence electrons. The highest BCUT2D eigenvalue weighted by Crippen LogP contribution is 2.15. The van der Waals surface area contributed by atoms with Crippen LogP contribution in [0.15, 0.2) is 59.5 Å². The Morgan fingerprint density at radius 3 is 2.75 bits per heavy atom. The van der Waals surface area contributed by atoms with Crippen LogP contribution >= 0.6 is 11.6 Å². The second kappa shape index (κ2) is 6.93. The molecule has 2 aromatic rings. The van der Waals surface area contributed by atoms with Crippen molar-refractivity contribution < 1.29 is 9.59 Å². The van der Waals surface area contributed by atoms with E-state index in [1.807, 2.05) is 0 Å². The number of halogens is 1. The van der Waals surface area contributed by atoms with Crippen LogP contribution in [0.5, 0.6) is 0 Å². The number of nitrogens with zero attached hydrogens (tertiary/aromatic N) is 2. The smallest absolute Gasteiger partial charge is 0.276 e. The molecular formula is C16H12ClN5O2. The molecule has 0 saturated heterocycles. The number of pyridine rings is 1. The first kappa shape index (κ1) is 15.7. The SMILES string of the molecule is O=C1NC(NNC(=O)c2ccncc2)=NC1=Cc1cccc(Cl)c1. The van der Waals surface area contributed by atoms with E-state index in [1.165, 1.54) is 12.4 Å². The lowest BCUT2D eigenvalue weighted by atomic mass is 10.2. The van der Waals surface area contributed by atoms with E-state index in [0.717, 1.165) is 5.56 Å². The van der Waals surface area contributed by atoms with E-state index in [4.69, 9.17) is 11.6 Å². The molecule has 0 aliphatic carbocycles. The maximum Gasteiger partial charge on any atom is 0.276 e. The predicted octanol–water partition coefficient (Wildman–Crippen LogP) is 1.50. The lowest BCUT2D eigenvalue weighted by Gasteiger charge is -2.06. The van der Waals surface area contributed by atoms with Gasteiger partial charge in [-0.25, -0.2) is 4.99 Å². The molecule has 1 aromatic carbocycles. The van der Waals surface area contributed by atoms with Crippen molar-refractivity contribution in [2.24, 2.45) is 4.99 Å². The normalized spacial score (nSPS) is 15.0. The summed E-state index contributed by atoms with van der Waals surface area (Å²) in [5, 5.41) is 3.08. The van der Waals surface area contributed by atoms with Crippen molar-refractivity contribution in [3.63, 3.8) is 0 Å². The molecule has 2 heterocycles. The van der Waals surface area contributed by atoms with E-state index in [1.54, 1.807) is 42.5 Å². The fraction of sp³-hybridized carbons (Fsp3) is 0. The molecule has 0 saturated carbocycles. The number of hydrazine groups is 1. The van der Waals surface area contributed by atoms with Crippen LogP contribution in [0.1, 0.15) is 15.9 Å². The number of aliphatic imine (C=N–C) groups is 1. The molecule has 2 amide bonds. The first-order chi connectivity index (χ1) is 11.6. The Bertz CT molecular complexity index is 849. The molecule has 0 unspecified atom stereocenters. The zero-order chi connectivity index (χ0) is 16.9. The fourth-order valence-electron chi connectivity index (χ4n) is 1.97. The highest BCUT2D eigenvalue weighted by molar-refractivity contribution is 6.30. The quantitative estimate of drug-likeness (QED) is 0.569. The van der Waals surface area contributed by atoms with Crippen LogP contribution < -0.4 is 16.2 Å². The van der Waals surface area contributed by atoms with Crippen molar-refractivity contribution in [1.82, 2.24) is 21.2 Å². The topological polar surface area (TPSA) is 95.5 Å². The minimum Gasteiger partial charge on any atom is -0.290 e. The molecule has 0 bridgehead atoms. The Labute approximate surface area is 142 Å². The first-order valence-corrected chi connectivity index (χ1v) is 7.33. The Hall–Kier alpha value is -3.19. The van der Waals surface area contributed by atoms with Gasteiger partial charge in [-0.05, 0) is 35.9 Å². The van der Waals surface area contributed by atoms with Gasteiger partial charge < -0.3 is 0 Å². The summed E-state index contributed by atoms with van der Waals surface area (Å²) in [6, 6.07) is 10.2. The highest BCUT2D eigenvalue weighted by atomic mass is 35.5. The summed E-state index contributed by atoms with van der Waals surface area (Å²) in [6.07, 6.45) is 4.62. The lowest BCUT2D eigenvalue weighted by Crippen LogP contribution is -2.47. The van der Waals surface area contributed by atoms with Gasteiger partial charge in [0.1, 0.15) is 5.70 Å². The first-order valence-electron chi connectivity index (χ1n) is 6.95. The largest absolute Gasteiger partial charge is 0.290 e. The Morgan fingerprint density at radius 2 is 2.00 bits per heavy atom. The zero-order valence-electron chi connectivity index (χ0n) is 12.3. The van der Waals surface area contributed by atoms with Crippen molar-refractivity contribution in [3.05, 3.63) is 70.6 Å². The zero-order valence-corrected chi connectivity index (χ0v) is 13.0. The van der Waals surface area contributed by atoms with Crippen LogP contribution in [-0.2, 0) is 4.79 Å². The Kier molecular flexibility index (Phi) is 4.53. The third kappa shape index (κ3) is 3.76. The van der Waals surface area contributed by atoms with E-state index in [-0.39, 0.29) is 23.5 Å². The van der Waals surface area contributed by atoms with Crippen molar-refractivity contribution in [1.29, 1.82) is 0 Å². The van der Waals surface area contributed by atoms with E-state index < -0.39 is 0 Å². The Balaban J connectivity index is 1.67. The minimum absolute atomic E-state index is 0.135. The predicted molar refractivity (Wildman–Crippen MR) is 89.8 cm³/mol. The number of benzene rings is 1. The van der Waals surface area contributed by atoms with Gasteiger partial charge in [-0.2, -0.15) is 0 Å². The van der Waals surface area contributed by atoms with E-state index >= 15 is 0 Å². The minimum atomic E-state index is -0.379. The molecule has 3 rings (SSSR count).